The third kappa shape index (κ3) is 5.25. The van der Waals surface area contributed by atoms with Crippen LogP contribution in [0.5, 0.6) is 0 Å². The molecular weight excluding hydrogens is 226 g/mol. The van der Waals surface area contributed by atoms with Crippen molar-refractivity contribution in [3.63, 3.8) is 0 Å². The van der Waals surface area contributed by atoms with Crippen LogP contribution in [0, 0.1) is 17.8 Å². The van der Waals surface area contributed by atoms with Gasteiger partial charge in [0, 0.05) is 19.1 Å². The van der Waals surface area contributed by atoms with Crippen LogP contribution in [0.2, 0.25) is 0 Å². The van der Waals surface area contributed by atoms with Gasteiger partial charge in [-0.1, -0.05) is 13.8 Å². The van der Waals surface area contributed by atoms with E-state index in [1.54, 1.807) is 0 Å². The lowest BCUT2D eigenvalue weighted by Crippen LogP contribution is -2.41. The summed E-state index contributed by atoms with van der Waals surface area (Å²) in [4.78, 5) is 2.34. The van der Waals surface area contributed by atoms with Gasteiger partial charge in [0.2, 0.25) is 0 Å². The monoisotopic (exact) mass is 257 g/mol. The first-order valence-electron chi connectivity index (χ1n) is 7.52. The molecule has 1 aliphatic carbocycles. The quantitative estimate of drug-likeness (QED) is 0.687. The van der Waals surface area contributed by atoms with Crippen molar-refractivity contribution < 1.29 is 10.2 Å². The van der Waals surface area contributed by atoms with Crippen molar-refractivity contribution in [2.75, 3.05) is 26.7 Å². The average Bonchev–Trinajstić information content (AvgIpc) is 2.29. The van der Waals surface area contributed by atoms with E-state index in [9.17, 15) is 5.11 Å². The maximum atomic E-state index is 10.2. The van der Waals surface area contributed by atoms with Gasteiger partial charge in [-0.15, -0.1) is 0 Å². The van der Waals surface area contributed by atoms with Crippen LogP contribution >= 0.6 is 0 Å². The minimum atomic E-state index is -0.122. The first-order chi connectivity index (χ1) is 8.54. The molecule has 1 aliphatic rings. The molecule has 18 heavy (non-hydrogen) atoms. The summed E-state index contributed by atoms with van der Waals surface area (Å²) in [7, 11) is 2.15. The Kier molecular flexibility index (Phi) is 7.20. The lowest BCUT2D eigenvalue weighted by Gasteiger charge is -2.39. The Bertz CT molecular complexity index is 211. The van der Waals surface area contributed by atoms with E-state index in [2.05, 4.69) is 25.8 Å². The fourth-order valence-electron chi connectivity index (χ4n) is 3.30. The van der Waals surface area contributed by atoms with Gasteiger partial charge >= 0.3 is 0 Å². The average molecular weight is 257 g/mol. The Hall–Kier alpha value is -0.120. The Balaban J connectivity index is 2.27. The van der Waals surface area contributed by atoms with Crippen molar-refractivity contribution in [2.45, 2.75) is 52.1 Å². The van der Waals surface area contributed by atoms with E-state index in [1.807, 2.05) is 0 Å². The lowest BCUT2D eigenvalue weighted by molar-refractivity contribution is 0.00144. The SMILES string of the molecule is CC1CC(C)C(CN(C)CCCCCO)C(O)C1. The van der Waals surface area contributed by atoms with Crippen molar-refractivity contribution in [3.05, 3.63) is 0 Å². The predicted octanol–water partition coefficient (Wildman–Crippen LogP) is 2.12. The third-order valence-corrected chi connectivity index (χ3v) is 4.36. The Labute approximate surface area is 112 Å². The zero-order valence-electron chi connectivity index (χ0n) is 12.3. The highest BCUT2D eigenvalue weighted by atomic mass is 16.3. The summed E-state index contributed by atoms with van der Waals surface area (Å²) < 4.78 is 0. The highest BCUT2D eigenvalue weighted by Gasteiger charge is 2.33. The second kappa shape index (κ2) is 8.13. The largest absolute Gasteiger partial charge is 0.396 e. The summed E-state index contributed by atoms with van der Waals surface area (Å²) >= 11 is 0. The molecule has 1 fully saturated rings. The van der Waals surface area contributed by atoms with Crippen LogP contribution in [0.25, 0.3) is 0 Å². The number of aliphatic hydroxyl groups excluding tert-OH is 2. The highest BCUT2D eigenvalue weighted by molar-refractivity contribution is 4.84. The molecule has 3 heteroatoms. The van der Waals surface area contributed by atoms with Crippen LogP contribution in [0.4, 0.5) is 0 Å². The number of aliphatic hydroxyl groups is 2. The third-order valence-electron chi connectivity index (χ3n) is 4.36. The van der Waals surface area contributed by atoms with Crippen molar-refractivity contribution in [3.8, 4) is 0 Å². The molecule has 1 rings (SSSR count). The van der Waals surface area contributed by atoms with Gasteiger partial charge in [0.15, 0.2) is 0 Å². The molecule has 1 saturated carbocycles. The van der Waals surface area contributed by atoms with E-state index in [4.69, 9.17) is 5.11 Å². The zero-order chi connectivity index (χ0) is 13.5. The van der Waals surface area contributed by atoms with Crippen molar-refractivity contribution in [1.29, 1.82) is 0 Å². The Morgan fingerprint density at radius 3 is 2.44 bits per heavy atom. The van der Waals surface area contributed by atoms with Gasteiger partial charge in [-0.3, -0.25) is 0 Å². The van der Waals surface area contributed by atoms with Gasteiger partial charge in [-0.05, 0) is 57.5 Å². The fraction of sp³-hybridized carbons (Fsp3) is 1.00. The minimum absolute atomic E-state index is 0.122. The number of hydrogen-bond acceptors (Lipinski definition) is 3. The number of hydrogen-bond donors (Lipinski definition) is 2. The van der Waals surface area contributed by atoms with E-state index in [1.165, 1.54) is 6.42 Å². The van der Waals surface area contributed by atoms with Crippen LogP contribution in [0.3, 0.4) is 0 Å². The normalized spacial score (nSPS) is 33.0. The second-order valence-electron chi connectivity index (χ2n) is 6.33. The molecular formula is C15H31NO2. The summed E-state index contributed by atoms with van der Waals surface area (Å²) in [5.74, 6) is 1.73. The molecule has 108 valence electrons. The van der Waals surface area contributed by atoms with Crippen molar-refractivity contribution in [2.24, 2.45) is 17.8 Å². The van der Waals surface area contributed by atoms with Crippen LogP contribution in [-0.4, -0.2) is 48.0 Å². The van der Waals surface area contributed by atoms with Gasteiger partial charge in [0.25, 0.3) is 0 Å². The zero-order valence-corrected chi connectivity index (χ0v) is 12.3. The summed E-state index contributed by atoms with van der Waals surface area (Å²) in [5.41, 5.74) is 0. The lowest BCUT2D eigenvalue weighted by atomic mass is 9.73. The molecule has 0 aromatic heterocycles. The first-order valence-corrected chi connectivity index (χ1v) is 7.52. The first kappa shape index (κ1) is 15.9. The van der Waals surface area contributed by atoms with Crippen LogP contribution < -0.4 is 0 Å². The molecule has 3 nitrogen and oxygen atoms in total. The van der Waals surface area contributed by atoms with Crippen molar-refractivity contribution in [1.82, 2.24) is 4.90 Å². The predicted molar refractivity (Wildman–Crippen MR) is 75.5 cm³/mol. The molecule has 0 aromatic carbocycles. The van der Waals surface area contributed by atoms with Gasteiger partial charge in [-0.25, -0.2) is 0 Å². The van der Waals surface area contributed by atoms with E-state index in [0.29, 0.717) is 24.4 Å². The van der Waals surface area contributed by atoms with Gasteiger partial charge in [0.05, 0.1) is 6.10 Å². The molecule has 2 N–H and O–H groups in total. The summed E-state index contributed by atoms with van der Waals surface area (Å²) in [6.45, 7) is 6.91. The molecule has 4 atom stereocenters. The Morgan fingerprint density at radius 1 is 1.11 bits per heavy atom. The van der Waals surface area contributed by atoms with Gasteiger partial charge < -0.3 is 15.1 Å². The van der Waals surface area contributed by atoms with Crippen molar-refractivity contribution >= 4 is 0 Å². The van der Waals surface area contributed by atoms with Crippen LogP contribution in [-0.2, 0) is 0 Å². The number of nitrogens with zero attached hydrogens (tertiary/aromatic N) is 1. The fourth-order valence-corrected chi connectivity index (χ4v) is 3.30. The van der Waals surface area contributed by atoms with E-state index >= 15 is 0 Å². The molecule has 0 aromatic rings. The second-order valence-corrected chi connectivity index (χ2v) is 6.33. The maximum absolute atomic E-state index is 10.2. The minimum Gasteiger partial charge on any atom is -0.396 e. The number of rotatable bonds is 7. The smallest absolute Gasteiger partial charge is 0.0585 e. The summed E-state index contributed by atoms with van der Waals surface area (Å²) in [6, 6.07) is 0. The molecule has 0 aliphatic heterocycles. The number of unbranched alkanes of at least 4 members (excludes halogenated alkanes) is 2. The van der Waals surface area contributed by atoms with E-state index in [0.717, 1.165) is 38.8 Å². The highest BCUT2D eigenvalue weighted by Crippen LogP contribution is 2.34. The molecule has 0 saturated heterocycles. The van der Waals surface area contributed by atoms with Crippen LogP contribution in [0.15, 0.2) is 0 Å². The standard InChI is InChI=1S/C15H31NO2/c1-12-9-13(2)14(15(18)10-12)11-16(3)7-5-4-6-8-17/h12-15,17-18H,4-11H2,1-3H3. The van der Waals surface area contributed by atoms with Crippen LogP contribution in [0.1, 0.15) is 46.0 Å². The molecule has 0 radical (unpaired) electrons. The summed E-state index contributed by atoms with van der Waals surface area (Å²) in [5, 5.41) is 18.9. The topological polar surface area (TPSA) is 43.7 Å². The molecule has 0 amide bonds. The molecule has 4 unspecified atom stereocenters. The van der Waals surface area contributed by atoms with Gasteiger partial charge in [0.1, 0.15) is 0 Å². The van der Waals surface area contributed by atoms with E-state index in [-0.39, 0.29) is 6.10 Å². The molecule has 0 bridgehead atoms. The van der Waals surface area contributed by atoms with Gasteiger partial charge in [-0.2, -0.15) is 0 Å². The van der Waals surface area contributed by atoms with E-state index < -0.39 is 0 Å². The maximum Gasteiger partial charge on any atom is 0.0585 e. The molecule has 0 heterocycles. The Morgan fingerprint density at radius 2 is 1.83 bits per heavy atom. The molecule has 0 spiro atoms. The summed E-state index contributed by atoms with van der Waals surface area (Å²) in [6.07, 6.45) is 5.25.